The lowest BCUT2D eigenvalue weighted by atomic mass is 10.2. The van der Waals surface area contributed by atoms with Crippen LogP contribution in [0.3, 0.4) is 0 Å². The second-order valence-corrected chi connectivity index (χ2v) is 11.7. The molecule has 0 bridgehead atoms. The molecular formula is C27H25BrFN3O5S2. The predicted octanol–water partition coefficient (Wildman–Crippen LogP) is 5.62. The molecule has 0 spiro atoms. The molecule has 1 aliphatic heterocycles. The van der Waals surface area contributed by atoms with E-state index >= 15 is 0 Å². The minimum atomic E-state index is -0.418. The molecule has 1 aliphatic rings. The van der Waals surface area contributed by atoms with E-state index in [9.17, 15) is 14.0 Å². The molecule has 2 amide bonds. The molecule has 4 rings (SSSR count). The van der Waals surface area contributed by atoms with Crippen molar-refractivity contribution in [1.82, 2.24) is 5.43 Å². The molecule has 1 heterocycles. The Hall–Kier alpha value is -3.22. The van der Waals surface area contributed by atoms with Gasteiger partial charge in [-0.15, -0.1) is 23.5 Å². The standard InChI is InChI=1S/C27H25BrFN3O5S2/c1-35-23-12-18(22(28)13-24(23)37-15-25(33)31-20-6-4-19(29)5-7-20)14-30-32-26(34)16-36-21-8-2-17(3-9-21)27-38-10-11-39-27/h2-9,12-14,27H,10-11,15-16H2,1H3,(H,31,33)(H,32,34)/b30-14-. The highest BCUT2D eigenvalue weighted by atomic mass is 79.9. The molecule has 0 saturated carbocycles. The molecule has 0 radical (unpaired) electrons. The van der Waals surface area contributed by atoms with Gasteiger partial charge in [0, 0.05) is 27.2 Å². The highest BCUT2D eigenvalue weighted by Crippen LogP contribution is 2.45. The number of ether oxygens (including phenoxy) is 3. The molecule has 1 fully saturated rings. The molecule has 39 heavy (non-hydrogen) atoms. The van der Waals surface area contributed by atoms with Crippen LogP contribution >= 0.6 is 39.5 Å². The molecule has 1 saturated heterocycles. The average molecular weight is 635 g/mol. The zero-order valence-electron chi connectivity index (χ0n) is 20.8. The monoisotopic (exact) mass is 633 g/mol. The average Bonchev–Trinajstić information content (AvgIpc) is 3.48. The third kappa shape index (κ3) is 8.64. The number of carbonyl (C=O) groups is 2. The van der Waals surface area contributed by atoms with Gasteiger partial charge in [0.25, 0.3) is 11.8 Å². The topological polar surface area (TPSA) is 98.2 Å². The van der Waals surface area contributed by atoms with Gasteiger partial charge in [-0.3, -0.25) is 9.59 Å². The first kappa shape index (κ1) is 28.8. The number of methoxy groups -OCH3 is 1. The largest absolute Gasteiger partial charge is 0.493 e. The summed E-state index contributed by atoms with van der Waals surface area (Å²) in [5, 5.41) is 6.61. The molecule has 0 aliphatic carbocycles. The summed E-state index contributed by atoms with van der Waals surface area (Å²) in [5.74, 6) is 2.40. The number of hydrogen-bond donors (Lipinski definition) is 2. The molecule has 3 aromatic rings. The van der Waals surface area contributed by atoms with Crippen LogP contribution in [0.5, 0.6) is 17.2 Å². The summed E-state index contributed by atoms with van der Waals surface area (Å²) in [6, 6.07) is 16.5. The van der Waals surface area contributed by atoms with Crippen molar-refractivity contribution < 1.29 is 28.2 Å². The molecule has 3 aromatic carbocycles. The first-order valence-electron chi connectivity index (χ1n) is 11.7. The minimum absolute atomic E-state index is 0.180. The number of nitrogens with zero attached hydrogens (tertiary/aromatic N) is 1. The Labute approximate surface area is 242 Å². The van der Waals surface area contributed by atoms with Gasteiger partial charge < -0.3 is 19.5 Å². The zero-order valence-corrected chi connectivity index (χ0v) is 24.0. The first-order valence-corrected chi connectivity index (χ1v) is 14.6. The quantitative estimate of drug-likeness (QED) is 0.209. The van der Waals surface area contributed by atoms with Gasteiger partial charge in [-0.25, -0.2) is 9.82 Å². The van der Waals surface area contributed by atoms with Crippen molar-refractivity contribution in [2.75, 3.05) is 37.1 Å². The second-order valence-electron chi connectivity index (χ2n) is 8.09. The van der Waals surface area contributed by atoms with Gasteiger partial charge in [-0.1, -0.05) is 12.1 Å². The van der Waals surface area contributed by atoms with E-state index in [1.807, 2.05) is 47.8 Å². The van der Waals surface area contributed by atoms with E-state index in [1.165, 1.54) is 43.2 Å². The second kappa shape index (κ2) is 14.2. The van der Waals surface area contributed by atoms with Crippen LogP contribution in [0, 0.1) is 5.82 Å². The van der Waals surface area contributed by atoms with Gasteiger partial charge in [-0.2, -0.15) is 5.10 Å². The summed E-state index contributed by atoms with van der Waals surface area (Å²) >= 11 is 7.30. The summed E-state index contributed by atoms with van der Waals surface area (Å²) in [7, 11) is 1.46. The Kier molecular flexibility index (Phi) is 10.5. The number of halogens is 2. The number of amides is 2. The van der Waals surface area contributed by atoms with E-state index in [0.29, 0.717) is 37.6 Å². The van der Waals surface area contributed by atoms with Crippen LogP contribution in [0.25, 0.3) is 0 Å². The molecule has 8 nitrogen and oxygen atoms in total. The Balaban J connectivity index is 1.25. The fourth-order valence-electron chi connectivity index (χ4n) is 3.42. The fourth-order valence-corrected chi connectivity index (χ4v) is 6.71. The predicted molar refractivity (Wildman–Crippen MR) is 157 cm³/mol. The maximum Gasteiger partial charge on any atom is 0.277 e. The van der Waals surface area contributed by atoms with Crippen molar-refractivity contribution in [2.45, 2.75) is 4.58 Å². The van der Waals surface area contributed by atoms with E-state index in [1.54, 1.807) is 12.1 Å². The van der Waals surface area contributed by atoms with Crippen molar-refractivity contribution in [3.8, 4) is 17.2 Å². The van der Waals surface area contributed by atoms with Crippen molar-refractivity contribution in [3.63, 3.8) is 0 Å². The summed E-state index contributed by atoms with van der Waals surface area (Å²) in [6.45, 7) is -0.466. The Morgan fingerprint density at radius 2 is 1.69 bits per heavy atom. The number of thioether (sulfide) groups is 2. The molecule has 0 unspecified atom stereocenters. The summed E-state index contributed by atoms with van der Waals surface area (Å²) < 4.78 is 30.6. The summed E-state index contributed by atoms with van der Waals surface area (Å²) in [6.07, 6.45) is 1.45. The molecule has 204 valence electrons. The molecule has 0 aromatic heterocycles. The van der Waals surface area contributed by atoms with Crippen LogP contribution in [0.15, 0.2) is 70.2 Å². The van der Waals surface area contributed by atoms with E-state index in [-0.39, 0.29) is 13.2 Å². The maximum atomic E-state index is 13.0. The highest BCUT2D eigenvalue weighted by Gasteiger charge is 2.18. The van der Waals surface area contributed by atoms with Crippen molar-refractivity contribution >= 4 is 63.2 Å². The lowest BCUT2D eigenvalue weighted by Gasteiger charge is -2.13. The van der Waals surface area contributed by atoms with E-state index in [4.69, 9.17) is 14.2 Å². The van der Waals surface area contributed by atoms with Gasteiger partial charge in [0.1, 0.15) is 11.6 Å². The van der Waals surface area contributed by atoms with Crippen LogP contribution < -0.4 is 25.0 Å². The highest BCUT2D eigenvalue weighted by molar-refractivity contribution is 9.10. The number of hydrazone groups is 1. The van der Waals surface area contributed by atoms with Gasteiger partial charge in [0.05, 0.1) is 17.9 Å². The number of carbonyl (C=O) groups excluding carboxylic acids is 2. The van der Waals surface area contributed by atoms with Gasteiger partial charge in [0.15, 0.2) is 24.7 Å². The molecule has 2 N–H and O–H groups in total. The number of benzene rings is 3. The first-order chi connectivity index (χ1) is 18.9. The lowest BCUT2D eigenvalue weighted by molar-refractivity contribution is -0.123. The van der Waals surface area contributed by atoms with Gasteiger partial charge >= 0.3 is 0 Å². The van der Waals surface area contributed by atoms with Crippen LogP contribution in [0.4, 0.5) is 10.1 Å². The van der Waals surface area contributed by atoms with Crippen molar-refractivity contribution in [3.05, 3.63) is 82.1 Å². The maximum absolute atomic E-state index is 13.0. The Morgan fingerprint density at radius 3 is 2.38 bits per heavy atom. The van der Waals surface area contributed by atoms with E-state index < -0.39 is 17.6 Å². The number of anilines is 1. The number of rotatable bonds is 11. The van der Waals surface area contributed by atoms with Crippen LogP contribution in [-0.2, 0) is 9.59 Å². The van der Waals surface area contributed by atoms with Crippen LogP contribution in [0.2, 0.25) is 0 Å². The number of hydrogen-bond acceptors (Lipinski definition) is 8. The minimum Gasteiger partial charge on any atom is -0.493 e. The lowest BCUT2D eigenvalue weighted by Crippen LogP contribution is -2.24. The van der Waals surface area contributed by atoms with E-state index in [2.05, 4.69) is 31.8 Å². The Bertz CT molecular complexity index is 1320. The summed E-state index contributed by atoms with van der Waals surface area (Å²) in [5.41, 5.74) is 4.74. The third-order valence-electron chi connectivity index (χ3n) is 5.31. The Morgan fingerprint density at radius 1 is 1.00 bits per heavy atom. The number of nitrogens with one attached hydrogen (secondary N) is 2. The molecule has 0 atom stereocenters. The van der Waals surface area contributed by atoms with Crippen LogP contribution in [-0.4, -0.2) is 49.9 Å². The van der Waals surface area contributed by atoms with Crippen molar-refractivity contribution in [1.29, 1.82) is 0 Å². The van der Waals surface area contributed by atoms with Crippen LogP contribution in [0.1, 0.15) is 15.7 Å². The SMILES string of the molecule is COc1cc(/C=N\NC(=O)COc2ccc(C3SCCS3)cc2)c(Br)cc1OCC(=O)Nc1ccc(F)cc1. The normalized spacial score (nSPS) is 13.3. The zero-order chi connectivity index (χ0) is 27.6. The van der Waals surface area contributed by atoms with Crippen molar-refractivity contribution in [2.24, 2.45) is 5.10 Å². The summed E-state index contributed by atoms with van der Waals surface area (Å²) in [4.78, 5) is 24.4. The van der Waals surface area contributed by atoms with Gasteiger partial charge in [-0.05, 0) is 70.0 Å². The molecule has 12 heteroatoms. The molecular weight excluding hydrogens is 609 g/mol. The smallest absolute Gasteiger partial charge is 0.277 e. The third-order valence-corrected chi connectivity index (χ3v) is 9.10. The van der Waals surface area contributed by atoms with Gasteiger partial charge in [0.2, 0.25) is 0 Å². The fraction of sp³-hybridized carbons (Fsp3) is 0.222. The van der Waals surface area contributed by atoms with E-state index in [0.717, 1.165) is 11.5 Å².